The van der Waals surface area contributed by atoms with Crippen molar-refractivity contribution in [2.24, 2.45) is 0 Å². The van der Waals surface area contributed by atoms with E-state index in [9.17, 15) is 10.1 Å². The molecule has 0 radical (unpaired) electrons. The van der Waals surface area contributed by atoms with Gasteiger partial charge in [0.1, 0.15) is 0 Å². The van der Waals surface area contributed by atoms with Crippen LogP contribution in [0.2, 0.25) is 0 Å². The third-order valence-corrected chi connectivity index (χ3v) is 11.1. The average molecular weight is 401 g/mol. The summed E-state index contributed by atoms with van der Waals surface area (Å²) in [5, 5.41) is 11.0. The van der Waals surface area contributed by atoms with Crippen LogP contribution in [-0.2, 0) is 0 Å². The van der Waals surface area contributed by atoms with Crippen molar-refractivity contribution in [3.05, 3.63) is 64.7 Å². The first kappa shape index (κ1) is 12.6. The number of hydrogen-bond donors (Lipinski definition) is 0. The molecule has 1 unspecified atom stereocenters. The zero-order valence-electron chi connectivity index (χ0n) is 8.79. The maximum absolute atomic E-state index is 11.0. The fourth-order valence-electron chi connectivity index (χ4n) is 1.48. The van der Waals surface area contributed by atoms with Crippen LogP contribution in [-0.4, -0.2) is 16.2 Å². The van der Waals surface area contributed by atoms with Gasteiger partial charge in [0.2, 0.25) is 0 Å². The predicted molar refractivity (Wildman–Crippen MR) is 78.6 cm³/mol. The third kappa shape index (κ3) is 2.87. The Hall–Kier alpha value is -0.872. The number of benzene rings is 2. The van der Waals surface area contributed by atoms with E-state index in [0.29, 0.717) is 0 Å². The Balaban J connectivity index is 2.44. The van der Waals surface area contributed by atoms with Crippen LogP contribution >= 0.6 is 20.1 Å². The van der Waals surface area contributed by atoms with Crippen LogP contribution in [0.5, 0.6) is 0 Å². The monoisotopic (exact) mass is 401 g/mol. The van der Waals surface area contributed by atoms with Crippen molar-refractivity contribution in [1.29, 1.82) is 0 Å². The topological polar surface area (TPSA) is 43.1 Å². The molecule has 0 saturated carbocycles. The molecule has 0 amide bonds. The number of nitrogens with zero attached hydrogens (tertiary/aromatic N) is 1. The van der Waals surface area contributed by atoms with Gasteiger partial charge in [-0.25, -0.2) is 0 Å². The summed E-state index contributed by atoms with van der Waals surface area (Å²) in [5.74, 6) is 0. The minimum absolute atomic E-state index is 0.241. The molecule has 2 rings (SSSR count). The Bertz CT molecular complexity index is 533. The summed E-state index contributed by atoms with van der Waals surface area (Å²) >= 11 is 0.814. The molecule has 2 aromatic carbocycles. The van der Waals surface area contributed by atoms with Gasteiger partial charge < -0.3 is 0 Å². The van der Waals surface area contributed by atoms with Gasteiger partial charge in [-0.15, -0.1) is 0 Å². The Kier molecular flexibility index (Phi) is 4.18. The van der Waals surface area contributed by atoms with Crippen molar-refractivity contribution in [2.75, 3.05) is 0 Å². The van der Waals surface area contributed by atoms with Crippen molar-refractivity contribution in [3.8, 4) is 0 Å². The van der Waals surface area contributed by atoms with Gasteiger partial charge in [-0.2, -0.15) is 0 Å². The second-order valence-electron chi connectivity index (χ2n) is 3.36. The van der Waals surface area contributed by atoms with E-state index >= 15 is 0 Å². The zero-order chi connectivity index (χ0) is 12.3. The van der Waals surface area contributed by atoms with Gasteiger partial charge in [0, 0.05) is 0 Å². The number of halogens is 1. The van der Waals surface area contributed by atoms with Crippen LogP contribution in [0.1, 0.15) is 0 Å². The van der Waals surface area contributed by atoms with E-state index in [1.165, 1.54) is 4.35 Å². The van der Waals surface area contributed by atoms with Crippen LogP contribution in [0.3, 0.4) is 0 Å². The normalized spacial score (nSPS) is 12.1. The summed E-state index contributed by atoms with van der Waals surface area (Å²) in [6.45, 7) is 0. The molecule has 1 atom stereocenters. The Morgan fingerprint density at radius 3 is 2.24 bits per heavy atom. The summed E-state index contributed by atoms with van der Waals surface area (Å²) in [4.78, 5) is 10.7. The first-order valence-corrected chi connectivity index (χ1v) is 12.5. The molecule has 0 aliphatic heterocycles. The maximum atomic E-state index is 11.0. The molecular weight excluding hydrogens is 392 g/mol. The standard InChI is InChI=1S/C12H9AsINO2/c14-13(10-6-2-1-3-7-10)11-8-4-5-9-12(11)15(16)17/h1-9H. The molecule has 86 valence electrons. The van der Waals surface area contributed by atoms with E-state index in [1.54, 1.807) is 12.1 Å². The molecule has 3 nitrogen and oxygen atoms in total. The molecule has 0 aliphatic rings. The second kappa shape index (κ2) is 5.65. The van der Waals surface area contributed by atoms with Gasteiger partial charge >= 0.3 is 115 Å². The van der Waals surface area contributed by atoms with Crippen molar-refractivity contribution in [3.63, 3.8) is 0 Å². The van der Waals surface area contributed by atoms with Crippen LogP contribution in [0.4, 0.5) is 5.69 Å². The van der Waals surface area contributed by atoms with Crippen LogP contribution in [0.15, 0.2) is 54.6 Å². The molecule has 2 aromatic rings. The molecule has 5 heteroatoms. The predicted octanol–water partition coefficient (Wildman–Crippen LogP) is 2.14. The molecule has 0 fully saturated rings. The van der Waals surface area contributed by atoms with Crippen LogP contribution < -0.4 is 8.70 Å². The summed E-state index contributed by atoms with van der Waals surface area (Å²) in [5.41, 5.74) is 0.241. The SMILES string of the molecule is O=[N+]([O-])c1ccccc1[As](I)c1ccccc1. The number of para-hydroxylation sites is 1. The quantitative estimate of drug-likeness (QED) is 0.343. The van der Waals surface area contributed by atoms with Crippen molar-refractivity contribution < 1.29 is 4.92 Å². The van der Waals surface area contributed by atoms with E-state index in [2.05, 4.69) is 20.1 Å². The molecule has 0 aliphatic carbocycles. The van der Waals surface area contributed by atoms with Gasteiger partial charge in [-0.05, 0) is 0 Å². The van der Waals surface area contributed by atoms with Crippen molar-refractivity contribution >= 4 is 45.8 Å². The number of hydrogen-bond acceptors (Lipinski definition) is 2. The zero-order valence-corrected chi connectivity index (χ0v) is 12.8. The Labute approximate surface area is 115 Å². The summed E-state index contributed by atoms with van der Waals surface area (Å²) < 4.78 is 2.10. The van der Waals surface area contributed by atoms with Gasteiger partial charge in [0.05, 0.1) is 0 Å². The number of nitro groups is 1. The van der Waals surface area contributed by atoms with Crippen LogP contribution in [0, 0.1) is 10.1 Å². The molecule has 0 heterocycles. The first-order valence-electron chi connectivity index (χ1n) is 4.94. The van der Waals surface area contributed by atoms with Crippen molar-refractivity contribution in [1.82, 2.24) is 0 Å². The van der Waals surface area contributed by atoms with Crippen LogP contribution in [0.25, 0.3) is 0 Å². The summed E-state index contributed by atoms with van der Waals surface area (Å²) in [6, 6.07) is 17.0. The van der Waals surface area contributed by atoms with E-state index in [1.807, 2.05) is 42.5 Å². The van der Waals surface area contributed by atoms with Gasteiger partial charge in [-0.3, -0.25) is 0 Å². The second-order valence-corrected chi connectivity index (χ2v) is 11.6. The third-order valence-electron chi connectivity index (χ3n) is 2.27. The van der Waals surface area contributed by atoms with Gasteiger partial charge in [-0.1, -0.05) is 0 Å². The summed E-state index contributed by atoms with van der Waals surface area (Å²) in [7, 11) is 0. The number of nitro benzene ring substituents is 1. The minimum atomic E-state index is -1.56. The molecule has 0 spiro atoms. The average Bonchev–Trinajstić information content (AvgIpc) is 2.39. The molecule has 17 heavy (non-hydrogen) atoms. The fourth-order valence-corrected chi connectivity index (χ4v) is 7.97. The first-order chi connectivity index (χ1) is 8.20. The van der Waals surface area contributed by atoms with E-state index < -0.39 is 11.3 Å². The fraction of sp³-hybridized carbons (Fsp3) is 0. The van der Waals surface area contributed by atoms with Gasteiger partial charge in [0.15, 0.2) is 0 Å². The van der Waals surface area contributed by atoms with E-state index in [-0.39, 0.29) is 10.6 Å². The number of rotatable bonds is 3. The van der Waals surface area contributed by atoms with E-state index in [0.717, 1.165) is 4.35 Å². The molecule has 0 N–H and O–H groups in total. The van der Waals surface area contributed by atoms with Crippen molar-refractivity contribution in [2.45, 2.75) is 0 Å². The molecule has 0 aromatic heterocycles. The molecule has 0 bridgehead atoms. The summed E-state index contributed by atoms with van der Waals surface area (Å²) in [6.07, 6.45) is 0. The Morgan fingerprint density at radius 2 is 1.59 bits per heavy atom. The Morgan fingerprint density at radius 1 is 1.00 bits per heavy atom. The van der Waals surface area contributed by atoms with Gasteiger partial charge in [0.25, 0.3) is 0 Å². The molecular formula is C12H9AsINO2. The van der Waals surface area contributed by atoms with E-state index in [4.69, 9.17) is 0 Å². The molecule has 0 saturated heterocycles.